The van der Waals surface area contributed by atoms with Gasteiger partial charge >= 0.3 is 6.30 Å². The van der Waals surface area contributed by atoms with Crippen molar-refractivity contribution in [2.24, 2.45) is 0 Å². The molecule has 0 heterocycles. The van der Waals surface area contributed by atoms with E-state index >= 15 is 0 Å². The molecule has 15 heavy (non-hydrogen) atoms. The lowest BCUT2D eigenvalue weighted by molar-refractivity contribution is -0.240. The molecule has 0 saturated carbocycles. The lowest BCUT2D eigenvalue weighted by Crippen LogP contribution is -2.33. The molecule has 0 saturated heterocycles. The Hall–Kier alpha value is -1.23. The number of ether oxygens (including phenoxy) is 1. The molecular formula is C10H12F3NO. The molecule has 0 bridgehead atoms. The molecule has 0 unspecified atom stereocenters. The minimum absolute atomic E-state index is 0.180. The third-order valence-corrected chi connectivity index (χ3v) is 1.99. The van der Waals surface area contributed by atoms with Gasteiger partial charge in [-0.05, 0) is 24.7 Å². The minimum atomic E-state index is -4.30. The van der Waals surface area contributed by atoms with Gasteiger partial charge in [0.2, 0.25) is 0 Å². The van der Waals surface area contributed by atoms with Crippen molar-refractivity contribution in [1.29, 1.82) is 0 Å². The fourth-order valence-corrected chi connectivity index (χ4v) is 1.13. The van der Waals surface area contributed by atoms with Crippen molar-refractivity contribution in [3.05, 3.63) is 29.8 Å². The van der Waals surface area contributed by atoms with E-state index in [-0.39, 0.29) is 6.54 Å². The van der Waals surface area contributed by atoms with Crippen LogP contribution in [0.1, 0.15) is 5.56 Å². The Balaban J connectivity index is 2.72. The zero-order valence-corrected chi connectivity index (χ0v) is 8.51. The largest absolute Gasteiger partial charge is 0.497 e. The van der Waals surface area contributed by atoms with E-state index < -0.39 is 6.30 Å². The molecule has 1 aromatic rings. The Morgan fingerprint density at radius 2 is 2.00 bits per heavy atom. The Morgan fingerprint density at radius 1 is 1.33 bits per heavy atom. The molecule has 0 spiro atoms. The molecule has 0 fully saturated rings. The van der Waals surface area contributed by atoms with E-state index in [2.05, 4.69) is 0 Å². The summed E-state index contributed by atoms with van der Waals surface area (Å²) in [4.78, 5) is 0.321. The van der Waals surface area contributed by atoms with Crippen LogP contribution in [0.3, 0.4) is 0 Å². The SMILES string of the molecule is COc1cccc(CN(C)C(F)(F)F)c1. The third-order valence-electron chi connectivity index (χ3n) is 1.99. The highest BCUT2D eigenvalue weighted by Crippen LogP contribution is 2.22. The van der Waals surface area contributed by atoms with Gasteiger partial charge < -0.3 is 4.74 Å². The second-order valence-corrected chi connectivity index (χ2v) is 3.18. The van der Waals surface area contributed by atoms with E-state index in [9.17, 15) is 13.2 Å². The molecule has 0 aliphatic rings. The Morgan fingerprint density at radius 3 is 2.53 bits per heavy atom. The molecule has 0 amide bonds. The second-order valence-electron chi connectivity index (χ2n) is 3.18. The van der Waals surface area contributed by atoms with E-state index in [0.717, 1.165) is 7.05 Å². The number of alkyl halides is 3. The first kappa shape index (κ1) is 11.8. The summed E-state index contributed by atoms with van der Waals surface area (Å²) in [6.07, 6.45) is -4.30. The van der Waals surface area contributed by atoms with Gasteiger partial charge in [-0.15, -0.1) is 0 Å². The fourth-order valence-electron chi connectivity index (χ4n) is 1.13. The fraction of sp³-hybridized carbons (Fsp3) is 0.400. The van der Waals surface area contributed by atoms with Crippen molar-refractivity contribution in [1.82, 2.24) is 4.90 Å². The average molecular weight is 219 g/mol. The summed E-state index contributed by atoms with van der Waals surface area (Å²) < 4.78 is 41.6. The van der Waals surface area contributed by atoms with Crippen molar-refractivity contribution in [2.45, 2.75) is 12.8 Å². The first-order valence-corrected chi connectivity index (χ1v) is 4.34. The monoisotopic (exact) mass is 219 g/mol. The molecule has 2 nitrogen and oxygen atoms in total. The second kappa shape index (κ2) is 4.53. The molecule has 1 rings (SSSR count). The number of hydrogen-bond donors (Lipinski definition) is 0. The van der Waals surface area contributed by atoms with Gasteiger partial charge in [0.15, 0.2) is 0 Å². The number of rotatable bonds is 3. The van der Waals surface area contributed by atoms with Gasteiger partial charge in [0, 0.05) is 6.54 Å². The molecule has 0 aromatic heterocycles. The highest BCUT2D eigenvalue weighted by atomic mass is 19.4. The number of methoxy groups -OCH3 is 1. The van der Waals surface area contributed by atoms with Gasteiger partial charge in [0.05, 0.1) is 7.11 Å². The molecule has 0 N–H and O–H groups in total. The molecule has 84 valence electrons. The number of halogens is 3. The molecule has 5 heteroatoms. The van der Waals surface area contributed by atoms with Crippen LogP contribution >= 0.6 is 0 Å². The van der Waals surface area contributed by atoms with Gasteiger partial charge in [-0.25, -0.2) is 4.90 Å². The summed E-state index contributed by atoms with van der Waals surface area (Å²) in [5, 5.41) is 0. The van der Waals surface area contributed by atoms with Crippen LogP contribution in [0.5, 0.6) is 5.75 Å². The van der Waals surface area contributed by atoms with Crippen LogP contribution in [-0.4, -0.2) is 25.4 Å². The maximum atomic E-state index is 12.2. The first-order valence-electron chi connectivity index (χ1n) is 4.34. The maximum Gasteiger partial charge on any atom is 0.459 e. The zero-order valence-electron chi connectivity index (χ0n) is 8.51. The van der Waals surface area contributed by atoms with Gasteiger partial charge in [-0.1, -0.05) is 12.1 Å². The smallest absolute Gasteiger partial charge is 0.459 e. The maximum absolute atomic E-state index is 12.2. The van der Waals surface area contributed by atoms with E-state index in [4.69, 9.17) is 4.74 Å². The standard InChI is InChI=1S/C10H12F3NO/c1-14(10(11,12)13)7-8-4-3-5-9(6-8)15-2/h3-6H,7H2,1-2H3. The quantitative estimate of drug-likeness (QED) is 0.724. The Labute approximate surface area is 86.3 Å². The van der Waals surface area contributed by atoms with Crippen molar-refractivity contribution in [3.63, 3.8) is 0 Å². The summed E-state index contributed by atoms with van der Waals surface area (Å²) in [6, 6.07) is 6.57. The van der Waals surface area contributed by atoms with Crippen LogP contribution in [0.25, 0.3) is 0 Å². The summed E-state index contributed by atoms with van der Waals surface area (Å²) in [5.41, 5.74) is 0.564. The van der Waals surface area contributed by atoms with Gasteiger partial charge in [-0.3, -0.25) is 0 Å². The topological polar surface area (TPSA) is 12.5 Å². The van der Waals surface area contributed by atoms with Gasteiger partial charge in [0.25, 0.3) is 0 Å². The number of hydrogen-bond acceptors (Lipinski definition) is 2. The summed E-state index contributed by atoms with van der Waals surface area (Å²) in [5.74, 6) is 0.558. The van der Waals surface area contributed by atoms with Crippen molar-refractivity contribution in [3.8, 4) is 5.75 Å². The van der Waals surface area contributed by atoms with Crippen LogP contribution in [-0.2, 0) is 6.54 Å². The molecular weight excluding hydrogens is 207 g/mol. The number of nitrogens with zero attached hydrogens (tertiary/aromatic N) is 1. The van der Waals surface area contributed by atoms with Gasteiger partial charge in [-0.2, -0.15) is 13.2 Å². The third kappa shape index (κ3) is 3.43. The lowest BCUT2D eigenvalue weighted by Gasteiger charge is -2.19. The number of benzene rings is 1. The first-order chi connectivity index (χ1) is 6.93. The van der Waals surface area contributed by atoms with Crippen LogP contribution in [0.2, 0.25) is 0 Å². The predicted octanol–water partition coefficient (Wildman–Crippen LogP) is 2.65. The summed E-state index contributed by atoms with van der Waals surface area (Å²) in [7, 11) is 2.49. The van der Waals surface area contributed by atoms with Crippen molar-refractivity contribution >= 4 is 0 Å². The van der Waals surface area contributed by atoms with Crippen LogP contribution in [0.15, 0.2) is 24.3 Å². The van der Waals surface area contributed by atoms with E-state index in [1.54, 1.807) is 24.3 Å². The molecule has 0 radical (unpaired) electrons. The summed E-state index contributed by atoms with van der Waals surface area (Å²) in [6.45, 7) is -0.180. The van der Waals surface area contributed by atoms with Crippen LogP contribution in [0.4, 0.5) is 13.2 Å². The summed E-state index contributed by atoms with van der Waals surface area (Å²) >= 11 is 0. The van der Waals surface area contributed by atoms with E-state index in [1.807, 2.05) is 0 Å². The Bertz CT molecular complexity index is 325. The predicted molar refractivity (Wildman–Crippen MR) is 50.5 cm³/mol. The van der Waals surface area contributed by atoms with Gasteiger partial charge in [0.1, 0.15) is 5.75 Å². The Kier molecular flexibility index (Phi) is 3.57. The van der Waals surface area contributed by atoms with Crippen molar-refractivity contribution in [2.75, 3.05) is 14.2 Å². The van der Waals surface area contributed by atoms with Crippen LogP contribution in [0, 0.1) is 0 Å². The van der Waals surface area contributed by atoms with E-state index in [0.29, 0.717) is 16.2 Å². The lowest BCUT2D eigenvalue weighted by atomic mass is 10.2. The molecule has 0 aliphatic heterocycles. The van der Waals surface area contributed by atoms with Crippen LogP contribution < -0.4 is 4.74 Å². The normalized spacial score (nSPS) is 11.9. The molecule has 0 aliphatic carbocycles. The average Bonchev–Trinajstić information content (AvgIpc) is 2.16. The molecule has 1 aromatic carbocycles. The zero-order chi connectivity index (χ0) is 11.5. The van der Waals surface area contributed by atoms with Crippen molar-refractivity contribution < 1.29 is 17.9 Å². The highest BCUT2D eigenvalue weighted by Gasteiger charge is 2.33. The minimum Gasteiger partial charge on any atom is -0.497 e. The van der Waals surface area contributed by atoms with E-state index in [1.165, 1.54) is 7.11 Å². The highest BCUT2D eigenvalue weighted by molar-refractivity contribution is 5.28. The molecule has 0 atom stereocenters.